The number of carbonyl (C=O) groups is 2. The van der Waals surface area contributed by atoms with Crippen molar-refractivity contribution in [2.24, 2.45) is 11.3 Å². The van der Waals surface area contributed by atoms with E-state index in [1.165, 1.54) is 12.4 Å². The SMILES string of the molecule is Cc1c(C(=O)O)cncc1C(=O)N(CC(C)C)CC(C)(C)C. The Hall–Kier alpha value is -1.91. The Morgan fingerprint density at radius 2 is 1.77 bits per heavy atom. The second-order valence-corrected chi connectivity index (χ2v) is 7.30. The average Bonchev–Trinajstić information content (AvgIpc) is 2.34. The molecule has 0 saturated heterocycles. The maximum atomic E-state index is 12.8. The van der Waals surface area contributed by atoms with Crippen LogP contribution in [0.25, 0.3) is 0 Å². The zero-order chi connectivity index (χ0) is 17.1. The van der Waals surface area contributed by atoms with Gasteiger partial charge in [0.25, 0.3) is 5.91 Å². The molecule has 1 heterocycles. The Kier molecular flexibility index (Phi) is 5.69. The zero-order valence-corrected chi connectivity index (χ0v) is 14.3. The second kappa shape index (κ2) is 6.90. The summed E-state index contributed by atoms with van der Waals surface area (Å²) in [6.07, 6.45) is 2.74. The fourth-order valence-corrected chi connectivity index (χ4v) is 2.36. The van der Waals surface area contributed by atoms with Gasteiger partial charge in [-0.1, -0.05) is 34.6 Å². The van der Waals surface area contributed by atoms with Gasteiger partial charge in [0, 0.05) is 25.5 Å². The molecule has 5 heteroatoms. The van der Waals surface area contributed by atoms with Gasteiger partial charge in [0.2, 0.25) is 0 Å². The molecule has 1 aromatic rings. The third kappa shape index (κ3) is 4.83. The Labute approximate surface area is 132 Å². The monoisotopic (exact) mass is 306 g/mol. The number of rotatable bonds is 5. The van der Waals surface area contributed by atoms with Crippen LogP contribution in [0.2, 0.25) is 0 Å². The lowest BCUT2D eigenvalue weighted by molar-refractivity contribution is 0.0669. The molecule has 0 fully saturated rings. The van der Waals surface area contributed by atoms with Crippen molar-refractivity contribution in [1.82, 2.24) is 9.88 Å². The Balaban J connectivity index is 3.19. The van der Waals surface area contributed by atoms with E-state index in [-0.39, 0.29) is 16.9 Å². The molecule has 0 aliphatic rings. The minimum absolute atomic E-state index is 0.0315. The summed E-state index contributed by atoms with van der Waals surface area (Å²) in [5, 5.41) is 9.18. The molecule has 1 aromatic heterocycles. The predicted octanol–water partition coefficient (Wildman–Crippen LogP) is 3.23. The fraction of sp³-hybridized carbons (Fsp3) is 0.588. The van der Waals surface area contributed by atoms with Gasteiger partial charge < -0.3 is 10.0 Å². The quantitative estimate of drug-likeness (QED) is 0.906. The van der Waals surface area contributed by atoms with Crippen molar-refractivity contribution in [3.05, 3.63) is 29.1 Å². The number of carbonyl (C=O) groups excluding carboxylic acids is 1. The molecule has 0 unspecified atom stereocenters. The molecule has 5 nitrogen and oxygen atoms in total. The number of hydrogen-bond donors (Lipinski definition) is 1. The minimum Gasteiger partial charge on any atom is -0.478 e. The van der Waals surface area contributed by atoms with Crippen LogP contribution in [-0.4, -0.2) is 40.0 Å². The first kappa shape index (κ1) is 18.1. The van der Waals surface area contributed by atoms with Crippen molar-refractivity contribution < 1.29 is 14.7 Å². The van der Waals surface area contributed by atoms with Gasteiger partial charge in [0.1, 0.15) is 0 Å². The van der Waals surface area contributed by atoms with Gasteiger partial charge in [0.05, 0.1) is 11.1 Å². The lowest BCUT2D eigenvalue weighted by Gasteiger charge is -2.31. The van der Waals surface area contributed by atoms with Gasteiger partial charge in [-0.2, -0.15) is 0 Å². The Morgan fingerprint density at radius 1 is 1.23 bits per heavy atom. The highest BCUT2D eigenvalue weighted by atomic mass is 16.4. The zero-order valence-electron chi connectivity index (χ0n) is 14.3. The molecule has 0 aliphatic carbocycles. The molecule has 1 amide bonds. The minimum atomic E-state index is -1.06. The maximum Gasteiger partial charge on any atom is 0.337 e. The van der Waals surface area contributed by atoms with E-state index < -0.39 is 5.97 Å². The first-order valence-corrected chi connectivity index (χ1v) is 7.50. The number of nitrogens with zero attached hydrogens (tertiary/aromatic N) is 2. The average molecular weight is 306 g/mol. The van der Waals surface area contributed by atoms with E-state index >= 15 is 0 Å². The van der Waals surface area contributed by atoms with Crippen LogP contribution in [0.4, 0.5) is 0 Å². The van der Waals surface area contributed by atoms with Crippen LogP contribution in [0.15, 0.2) is 12.4 Å². The molecule has 1 rings (SSSR count). The predicted molar refractivity (Wildman–Crippen MR) is 86.1 cm³/mol. The number of amides is 1. The summed E-state index contributed by atoms with van der Waals surface area (Å²) in [6.45, 7) is 13.2. The van der Waals surface area contributed by atoms with Crippen molar-refractivity contribution in [1.29, 1.82) is 0 Å². The van der Waals surface area contributed by atoms with Crippen LogP contribution >= 0.6 is 0 Å². The molecule has 122 valence electrons. The van der Waals surface area contributed by atoms with Crippen molar-refractivity contribution in [2.45, 2.75) is 41.5 Å². The highest BCUT2D eigenvalue weighted by Gasteiger charge is 2.25. The molecule has 0 aliphatic heterocycles. The van der Waals surface area contributed by atoms with Crippen LogP contribution in [0.5, 0.6) is 0 Å². The molecule has 0 spiro atoms. The van der Waals surface area contributed by atoms with Crippen molar-refractivity contribution in [2.75, 3.05) is 13.1 Å². The van der Waals surface area contributed by atoms with Crippen molar-refractivity contribution in [3.63, 3.8) is 0 Å². The lowest BCUT2D eigenvalue weighted by atomic mass is 9.94. The Bertz CT molecular complexity index is 560. The number of carboxylic acids is 1. The van der Waals surface area contributed by atoms with E-state index in [1.807, 2.05) is 0 Å². The van der Waals surface area contributed by atoms with Gasteiger partial charge in [-0.25, -0.2) is 4.79 Å². The van der Waals surface area contributed by atoms with E-state index in [1.54, 1.807) is 11.8 Å². The molecule has 22 heavy (non-hydrogen) atoms. The van der Waals surface area contributed by atoms with Gasteiger partial charge in [-0.3, -0.25) is 9.78 Å². The van der Waals surface area contributed by atoms with E-state index in [2.05, 4.69) is 39.6 Å². The summed E-state index contributed by atoms with van der Waals surface area (Å²) in [4.78, 5) is 29.8. The number of aromatic carboxylic acids is 1. The number of hydrogen-bond acceptors (Lipinski definition) is 3. The van der Waals surface area contributed by atoms with E-state index in [0.717, 1.165) is 0 Å². The summed E-state index contributed by atoms with van der Waals surface area (Å²) >= 11 is 0. The number of aromatic nitrogens is 1. The van der Waals surface area contributed by atoms with Crippen LogP contribution < -0.4 is 0 Å². The third-order valence-corrected chi connectivity index (χ3v) is 3.21. The van der Waals surface area contributed by atoms with Crippen LogP contribution in [0.1, 0.15) is 60.9 Å². The van der Waals surface area contributed by atoms with Crippen LogP contribution in [0.3, 0.4) is 0 Å². The normalized spacial score (nSPS) is 11.6. The molecule has 0 saturated carbocycles. The topological polar surface area (TPSA) is 70.5 Å². The highest BCUT2D eigenvalue weighted by molar-refractivity contribution is 5.99. The standard InChI is InChI=1S/C17H26N2O3/c1-11(2)9-19(10-17(4,5)6)15(20)13-7-18-8-14(12(13)3)16(21)22/h7-8,11H,9-10H2,1-6H3,(H,21,22). The van der Waals surface area contributed by atoms with E-state index in [4.69, 9.17) is 0 Å². The fourth-order valence-electron chi connectivity index (χ4n) is 2.36. The largest absolute Gasteiger partial charge is 0.478 e. The van der Waals surface area contributed by atoms with Crippen LogP contribution in [-0.2, 0) is 0 Å². The second-order valence-electron chi connectivity index (χ2n) is 7.30. The highest BCUT2D eigenvalue weighted by Crippen LogP contribution is 2.20. The first-order chi connectivity index (χ1) is 10.0. The maximum absolute atomic E-state index is 12.8. The smallest absolute Gasteiger partial charge is 0.337 e. The molecular formula is C17H26N2O3. The molecule has 0 aromatic carbocycles. The summed E-state index contributed by atoms with van der Waals surface area (Å²) in [5.41, 5.74) is 0.877. The van der Waals surface area contributed by atoms with Gasteiger partial charge in [-0.05, 0) is 23.8 Å². The summed E-state index contributed by atoms with van der Waals surface area (Å²) < 4.78 is 0. The van der Waals surface area contributed by atoms with Gasteiger partial charge in [-0.15, -0.1) is 0 Å². The van der Waals surface area contributed by atoms with Crippen molar-refractivity contribution in [3.8, 4) is 0 Å². The van der Waals surface area contributed by atoms with Crippen molar-refractivity contribution >= 4 is 11.9 Å². The summed E-state index contributed by atoms with van der Waals surface area (Å²) in [7, 11) is 0. The molecule has 0 radical (unpaired) electrons. The number of carboxylic acid groups (broad SMARTS) is 1. The Morgan fingerprint density at radius 3 is 2.23 bits per heavy atom. The first-order valence-electron chi connectivity index (χ1n) is 7.50. The van der Waals surface area contributed by atoms with E-state index in [9.17, 15) is 14.7 Å². The van der Waals surface area contributed by atoms with Gasteiger partial charge >= 0.3 is 5.97 Å². The summed E-state index contributed by atoms with van der Waals surface area (Å²) in [5.74, 6) is -0.884. The lowest BCUT2D eigenvalue weighted by Crippen LogP contribution is -2.40. The molecular weight excluding hydrogens is 280 g/mol. The summed E-state index contributed by atoms with van der Waals surface area (Å²) in [6, 6.07) is 0. The van der Waals surface area contributed by atoms with Gasteiger partial charge in [0.15, 0.2) is 0 Å². The van der Waals surface area contributed by atoms with Crippen LogP contribution in [0, 0.1) is 18.3 Å². The van der Waals surface area contributed by atoms with E-state index in [0.29, 0.717) is 30.1 Å². The molecule has 1 N–H and O–H groups in total. The molecule has 0 atom stereocenters. The third-order valence-electron chi connectivity index (χ3n) is 3.21. The number of pyridine rings is 1. The molecule has 0 bridgehead atoms.